The quantitative estimate of drug-likeness (QED) is 0.671. The van der Waals surface area contributed by atoms with Crippen LogP contribution in [0.15, 0.2) is 42.0 Å². The van der Waals surface area contributed by atoms with Gasteiger partial charge in [-0.05, 0) is 39.6 Å². The highest BCUT2D eigenvalue weighted by atomic mass is 32.1. The minimum atomic E-state index is -2.86. The summed E-state index contributed by atoms with van der Waals surface area (Å²) in [5.74, 6) is -0.111. The fourth-order valence-electron chi connectivity index (χ4n) is 2.21. The zero-order valence-electron chi connectivity index (χ0n) is 13.0. The van der Waals surface area contributed by atoms with Crippen molar-refractivity contribution in [3.63, 3.8) is 0 Å². The Labute approximate surface area is 145 Å². The van der Waals surface area contributed by atoms with E-state index in [2.05, 4.69) is 20.3 Å². The van der Waals surface area contributed by atoms with Crippen LogP contribution in [-0.4, -0.2) is 44.7 Å². The Morgan fingerprint density at radius 2 is 2.08 bits per heavy atom. The molecular weight excluding hydrogens is 352 g/mol. The summed E-state index contributed by atoms with van der Waals surface area (Å²) in [6, 6.07) is 7.92. The van der Waals surface area contributed by atoms with Crippen molar-refractivity contribution < 1.29 is 18.3 Å². The average Bonchev–Trinajstić information content (AvgIpc) is 3.26. The minimum Gasteiger partial charge on any atom is -0.435 e. The van der Waals surface area contributed by atoms with Crippen molar-refractivity contribution in [2.45, 2.75) is 13.2 Å². The van der Waals surface area contributed by atoms with E-state index in [1.165, 1.54) is 39.4 Å². The summed E-state index contributed by atoms with van der Waals surface area (Å²) in [7, 11) is 1.66. The number of tetrazole rings is 1. The van der Waals surface area contributed by atoms with E-state index in [0.717, 1.165) is 5.56 Å². The van der Waals surface area contributed by atoms with E-state index in [-0.39, 0.29) is 11.7 Å². The third-order valence-corrected chi connectivity index (χ3v) is 4.24. The predicted octanol–water partition coefficient (Wildman–Crippen LogP) is 2.60. The molecule has 0 saturated carbocycles. The van der Waals surface area contributed by atoms with E-state index in [0.29, 0.717) is 17.1 Å². The summed E-state index contributed by atoms with van der Waals surface area (Å²) in [5, 5.41) is 12.7. The monoisotopic (exact) mass is 365 g/mol. The zero-order valence-corrected chi connectivity index (χ0v) is 13.9. The SMILES string of the molecule is CN(Cc1ccc(OC(F)F)cc1)C(=O)c1sccc1-n1cnnn1. The van der Waals surface area contributed by atoms with Gasteiger partial charge in [-0.2, -0.15) is 13.5 Å². The van der Waals surface area contributed by atoms with Crippen LogP contribution in [0.2, 0.25) is 0 Å². The molecule has 0 aliphatic heterocycles. The maximum Gasteiger partial charge on any atom is 0.387 e. The second kappa shape index (κ2) is 7.34. The lowest BCUT2D eigenvalue weighted by Gasteiger charge is -2.17. The van der Waals surface area contributed by atoms with E-state index >= 15 is 0 Å². The Morgan fingerprint density at radius 3 is 2.72 bits per heavy atom. The summed E-state index contributed by atoms with van der Waals surface area (Å²) in [5.41, 5.74) is 1.39. The van der Waals surface area contributed by atoms with Crippen molar-refractivity contribution in [1.29, 1.82) is 0 Å². The number of carbonyl (C=O) groups excluding carboxylic acids is 1. The molecule has 1 amide bonds. The lowest BCUT2D eigenvalue weighted by molar-refractivity contribution is -0.0498. The third-order valence-electron chi connectivity index (χ3n) is 3.35. The second-order valence-electron chi connectivity index (χ2n) is 5.07. The van der Waals surface area contributed by atoms with Crippen LogP contribution in [0.1, 0.15) is 15.2 Å². The first-order valence-electron chi connectivity index (χ1n) is 7.14. The molecule has 0 aliphatic rings. The Kier molecular flexibility index (Phi) is 4.98. The van der Waals surface area contributed by atoms with E-state index in [9.17, 15) is 13.6 Å². The number of alkyl halides is 2. The summed E-state index contributed by atoms with van der Waals surface area (Å²) < 4.78 is 30.0. The fourth-order valence-corrected chi connectivity index (χ4v) is 3.08. The number of benzene rings is 1. The molecule has 0 bridgehead atoms. The standard InChI is InChI=1S/C15H13F2N5O2S/c1-21(8-10-2-4-11(5-3-10)24-15(16)17)14(23)13-12(6-7-25-13)22-9-18-19-20-22/h2-7,9,15H,8H2,1H3. The molecule has 0 spiro atoms. The molecule has 2 heterocycles. The van der Waals surface area contributed by atoms with Crippen LogP contribution in [0.4, 0.5) is 8.78 Å². The van der Waals surface area contributed by atoms with Crippen molar-refractivity contribution >= 4 is 17.2 Å². The number of ether oxygens (including phenoxy) is 1. The topological polar surface area (TPSA) is 73.1 Å². The van der Waals surface area contributed by atoms with Crippen molar-refractivity contribution in [3.8, 4) is 11.4 Å². The number of amides is 1. The molecule has 3 rings (SSSR count). The molecule has 10 heteroatoms. The van der Waals surface area contributed by atoms with E-state index in [4.69, 9.17) is 0 Å². The second-order valence-corrected chi connectivity index (χ2v) is 5.99. The van der Waals surface area contributed by atoms with Gasteiger partial charge in [0.2, 0.25) is 0 Å². The minimum absolute atomic E-state index is 0.0759. The number of carbonyl (C=O) groups is 1. The van der Waals surface area contributed by atoms with Crippen LogP contribution in [-0.2, 0) is 6.54 Å². The average molecular weight is 365 g/mol. The van der Waals surface area contributed by atoms with Gasteiger partial charge in [-0.3, -0.25) is 4.79 Å². The summed E-state index contributed by atoms with van der Waals surface area (Å²) in [6.45, 7) is -2.54. The maximum atomic E-state index is 12.7. The van der Waals surface area contributed by atoms with Crippen LogP contribution in [0, 0.1) is 0 Å². The Morgan fingerprint density at radius 1 is 1.32 bits per heavy atom. The molecule has 25 heavy (non-hydrogen) atoms. The molecular formula is C15H13F2N5O2S. The number of hydrogen-bond donors (Lipinski definition) is 0. The molecule has 0 radical (unpaired) electrons. The Hall–Kier alpha value is -2.88. The fraction of sp³-hybridized carbons (Fsp3) is 0.200. The molecule has 0 aliphatic carbocycles. The van der Waals surface area contributed by atoms with Crippen LogP contribution in [0.3, 0.4) is 0 Å². The molecule has 2 aromatic heterocycles. The molecule has 130 valence electrons. The summed E-state index contributed by atoms with van der Waals surface area (Å²) in [6.07, 6.45) is 1.42. The van der Waals surface area contributed by atoms with Crippen LogP contribution in [0.25, 0.3) is 5.69 Å². The van der Waals surface area contributed by atoms with Gasteiger partial charge in [0.15, 0.2) is 0 Å². The molecule has 0 N–H and O–H groups in total. The number of aromatic nitrogens is 4. The maximum absolute atomic E-state index is 12.7. The van der Waals surface area contributed by atoms with Gasteiger partial charge in [-0.25, -0.2) is 0 Å². The van der Waals surface area contributed by atoms with Gasteiger partial charge in [-0.15, -0.1) is 16.4 Å². The first-order chi connectivity index (χ1) is 12.0. The van der Waals surface area contributed by atoms with Gasteiger partial charge in [0.1, 0.15) is 17.0 Å². The molecule has 7 nitrogen and oxygen atoms in total. The van der Waals surface area contributed by atoms with Crippen molar-refractivity contribution in [3.05, 3.63) is 52.5 Å². The van der Waals surface area contributed by atoms with Gasteiger partial charge in [-0.1, -0.05) is 12.1 Å². The molecule has 0 saturated heterocycles. The van der Waals surface area contributed by atoms with Gasteiger partial charge in [0.05, 0.1) is 5.69 Å². The lowest BCUT2D eigenvalue weighted by atomic mass is 10.2. The first kappa shape index (κ1) is 17.0. The number of halogens is 2. The highest BCUT2D eigenvalue weighted by Crippen LogP contribution is 2.23. The number of rotatable bonds is 6. The highest BCUT2D eigenvalue weighted by Gasteiger charge is 2.19. The number of thiophene rings is 1. The molecule has 3 aromatic rings. The zero-order chi connectivity index (χ0) is 17.8. The van der Waals surface area contributed by atoms with Crippen LogP contribution >= 0.6 is 11.3 Å². The molecule has 0 atom stereocenters. The lowest BCUT2D eigenvalue weighted by Crippen LogP contribution is -2.26. The van der Waals surface area contributed by atoms with Crippen LogP contribution in [0.5, 0.6) is 5.75 Å². The van der Waals surface area contributed by atoms with Crippen molar-refractivity contribution in [1.82, 2.24) is 25.1 Å². The van der Waals surface area contributed by atoms with E-state index in [1.807, 2.05) is 0 Å². The largest absolute Gasteiger partial charge is 0.435 e. The number of nitrogens with zero attached hydrogens (tertiary/aromatic N) is 5. The molecule has 1 aromatic carbocycles. The van der Waals surface area contributed by atoms with Crippen molar-refractivity contribution in [2.24, 2.45) is 0 Å². The highest BCUT2D eigenvalue weighted by molar-refractivity contribution is 7.12. The van der Waals surface area contributed by atoms with E-state index in [1.54, 1.807) is 30.6 Å². The van der Waals surface area contributed by atoms with Crippen LogP contribution < -0.4 is 4.74 Å². The van der Waals surface area contributed by atoms with Gasteiger partial charge < -0.3 is 9.64 Å². The third kappa shape index (κ3) is 3.97. The molecule has 0 unspecified atom stereocenters. The van der Waals surface area contributed by atoms with Gasteiger partial charge in [0.25, 0.3) is 5.91 Å². The predicted molar refractivity (Wildman–Crippen MR) is 85.9 cm³/mol. The Balaban J connectivity index is 1.70. The van der Waals surface area contributed by atoms with Gasteiger partial charge in [0, 0.05) is 13.6 Å². The smallest absolute Gasteiger partial charge is 0.387 e. The molecule has 0 fully saturated rings. The van der Waals surface area contributed by atoms with Crippen molar-refractivity contribution in [2.75, 3.05) is 7.05 Å². The van der Waals surface area contributed by atoms with E-state index < -0.39 is 6.61 Å². The Bertz CT molecular complexity index is 836. The summed E-state index contributed by atoms with van der Waals surface area (Å²) in [4.78, 5) is 14.7. The first-order valence-corrected chi connectivity index (χ1v) is 8.02. The number of hydrogen-bond acceptors (Lipinski definition) is 6. The summed E-state index contributed by atoms with van der Waals surface area (Å²) >= 11 is 1.29. The normalized spacial score (nSPS) is 10.9. The van der Waals surface area contributed by atoms with Gasteiger partial charge >= 0.3 is 6.61 Å².